The van der Waals surface area contributed by atoms with Crippen molar-refractivity contribution in [3.63, 3.8) is 0 Å². The number of fused-ring (bicyclic) bond motifs is 1. The lowest BCUT2D eigenvalue weighted by atomic mass is 10.0. The number of hydrogen-bond acceptors (Lipinski definition) is 1. The molecule has 0 amide bonds. The number of hydrogen-bond donors (Lipinski definition) is 1. The third-order valence-electron chi connectivity index (χ3n) is 3.56. The maximum atomic E-state index is 12.4. The zero-order valence-electron chi connectivity index (χ0n) is 11.3. The van der Waals surface area contributed by atoms with Gasteiger partial charge in [0.1, 0.15) is 0 Å². The molecular weight excluding hydrogens is 314 g/mol. The van der Waals surface area contributed by atoms with Gasteiger partial charge in [0.25, 0.3) is 0 Å². The molecule has 1 N–H and O–H groups in total. The molecular formula is C17H14BrNO. The molecule has 1 aromatic heterocycles. The molecule has 3 aromatic rings. The molecule has 20 heavy (non-hydrogen) atoms. The molecule has 0 saturated heterocycles. The molecule has 2 aromatic carbocycles. The van der Waals surface area contributed by atoms with Crippen molar-refractivity contribution in [2.75, 3.05) is 0 Å². The van der Waals surface area contributed by atoms with Gasteiger partial charge in [0.15, 0.2) is 5.43 Å². The molecule has 100 valence electrons. The van der Waals surface area contributed by atoms with Gasteiger partial charge in [-0.05, 0) is 36.6 Å². The number of H-pyrrole nitrogens is 1. The zero-order valence-corrected chi connectivity index (χ0v) is 12.9. The Morgan fingerprint density at radius 3 is 2.45 bits per heavy atom. The molecule has 0 aliphatic rings. The summed E-state index contributed by atoms with van der Waals surface area (Å²) >= 11 is 3.55. The van der Waals surface area contributed by atoms with Crippen molar-refractivity contribution >= 4 is 26.8 Å². The molecule has 3 rings (SSSR count). The van der Waals surface area contributed by atoms with Crippen molar-refractivity contribution in [2.24, 2.45) is 0 Å². The number of aryl methyl sites for hydroxylation is 2. The SMILES string of the molecule is Cc1cc2[nH]c(-c3ccccc3)cc(=O)c2c(C)c1Br. The van der Waals surface area contributed by atoms with E-state index in [1.807, 2.05) is 50.2 Å². The highest BCUT2D eigenvalue weighted by Crippen LogP contribution is 2.28. The number of aromatic amines is 1. The second-order valence-corrected chi connectivity index (χ2v) is 5.76. The van der Waals surface area contributed by atoms with Crippen molar-refractivity contribution < 1.29 is 0 Å². The van der Waals surface area contributed by atoms with Gasteiger partial charge in [0.2, 0.25) is 0 Å². The molecule has 0 unspecified atom stereocenters. The average Bonchev–Trinajstić information content (AvgIpc) is 2.45. The van der Waals surface area contributed by atoms with E-state index in [0.29, 0.717) is 0 Å². The van der Waals surface area contributed by atoms with E-state index in [2.05, 4.69) is 20.9 Å². The maximum absolute atomic E-state index is 12.4. The largest absolute Gasteiger partial charge is 0.354 e. The van der Waals surface area contributed by atoms with Crippen LogP contribution in [0.15, 0.2) is 51.7 Å². The minimum Gasteiger partial charge on any atom is -0.354 e. The zero-order chi connectivity index (χ0) is 14.3. The Kier molecular flexibility index (Phi) is 3.22. The summed E-state index contributed by atoms with van der Waals surface area (Å²) in [6.07, 6.45) is 0. The van der Waals surface area contributed by atoms with Gasteiger partial charge in [0.05, 0.1) is 5.52 Å². The highest BCUT2D eigenvalue weighted by Gasteiger charge is 2.10. The summed E-state index contributed by atoms with van der Waals surface area (Å²) in [5, 5.41) is 0.752. The van der Waals surface area contributed by atoms with Crippen molar-refractivity contribution in [2.45, 2.75) is 13.8 Å². The Balaban J connectivity index is 2.36. The summed E-state index contributed by atoms with van der Waals surface area (Å²) in [5.74, 6) is 0. The first-order valence-electron chi connectivity index (χ1n) is 6.46. The van der Waals surface area contributed by atoms with Crippen LogP contribution in [0.5, 0.6) is 0 Å². The van der Waals surface area contributed by atoms with E-state index in [4.69, 9.17) is 0 Å². The molecule has 1 heterocycles. The van der Waals surface area contributed by atoms with Crippen LogP contribution in [-0.4, -0.2) is 4.98 Å². The Bertz CT molecular complexity index is 850. The highest BCUT2D eigenvalue weighted by molar-refractivity contribution is 9.10. The van der Waals surface area contributed by atoms with E-state index in [-0.39, 0.29) is 5.43 Å². The van der Waals surface area contributed by atoms with Crippen LogP contribution in [0.3, 0.4) is 0 Å². The molecule has 0 radical (unpaired) electrons. The van der Waals surface area contributed by atoms with Crippen LogP contribution in [0.1, 0.15) is 11.1 Å². The number of nitrogens with one attached hydrogen (secondary N) is 1. The monoisotopic (exact) mass is 327 g/mol. The fourth-order valence-corrected chi connectivity index (χ4v) is 2.85. The van der Waals surface area contributed by atoms with E-state index in [1.165, 1.54) is 0 Å². The van der Waals surface area contributed by atoms with E-state index >= 15 is 0 Å². The van der Waals surface area contributed by atoms with Crippen LogP contribution in [0.2, 0.25) is 0 Å². The number of pyridine rings is 1. The Morgan fingerprint density at radius 1 is 1.05 bits per heavy atom. The standard InChI is InChI=1S/C17H14BrNO/c1-10-8-14-16(11(2)17(10)18)15(20)9-13(19-14)12-6-4-3-5-7-12/h3-9H,1-2H3,(H,19,20). The summed E-state index contributed by atoms with van der Waals surface area (Å²) in [5.41, 5.74) is 4.91. The third-order valence-corrected chi connectivity index (χ3v) is 4.78. The molecule has 0 aliphatic carbocycles. The first-order chi connectivity index (χ1) is 9.58. The van der Waals surface area contributed by atoms with Crippen LogP contribution in [0.4, 0.5) is 0 Å². The Hall–Kier alpha value is -1.87. The highest BCUT2D eigenvalue weighted by atomic mass is 79.9. The minimum absolute atomic E-state index is 0.0517. The molecule has 0 atom stereocenters. The average molecular weight is 328 g/mol. The van der Waals surface area contributed by atoms with E-state index in [1.54, 1.807) is 6.07 Å². The van der Waals surface area contributed by atoms with Gasteiger partial charge in [-0.2, -0.15) is 0 Å². The predicted molar refractivity (Wildman–Crippen MR) is 87.2 cm³/mol. The van der Waals surface area contributed by atoms with Crippen LogP contribution >= 0.6 is 15.9 Å². The van der Waals surface area contributed by atoms with Crippen molar-refractivity contribution in [3.05, 3.63) is 68.3 Å². The Morgan fingerprint density at radius 2 is 1.75 bits per heavy atom. The summed E-state index contributed by atoms with van der Waals surface area (Å²) < 4.78 is 1.00. The second-order valence-electron chi connectivity index (χ2n) is 4.97. The van der Waals surface area contributed by atoms with E-state index < -0.39 is 0 Å². The number of rotatable bonds is 1. The molecule has 0 saturated carbocycles. The molecule has 0 fully saturated rings. The third kappa shape index (κ3) is 2.08. The van der Waals surface area contributed by atoms with E-state index in [0.717, 1.165) is 37.8 Å². The maximum Gasteiger partial charge on any atom is 0.190 e. The summed E-state index contributed by atoms with van der Waals surface area (Å²) in [7, 11) is 0. The van der Waals surface area contributed by atoms with Crippen molar-refractivity contribution in [3.8, 4) is 11.3 Å². The summed E-state index contributed by atoms with van der Waals surface area (Å²) in [6, 6.07) is 13.6. The molecule has 3 heteroatoms. The first-order valence-corrected chi connectivity index (χ1v) is 7.25. The molecule has 0 aliphatic heterocycles. The predicted octanol–water partition coefficient (Wildman–Crippen LogP) is 4.57. The Labute approximate surface area is 125 Å². The number of halogens is 1. The minimum atomic E-state index is 0.0517. The first kappa shape index (κ1) is 13.1. The van der Waals surface area contributed by atoms with Gasteiger partial charge in [-0.25, -0.2) is 0 Å². The number of aromatic nitrogens is 1. The van der Waals surface area contributed by atoms with Crippen molar-refractivity contribution in [1.82, 2.24) is 4.98 Å². The van der Waals surface area contributed by atoms with Crippen LogP contribution < -0.4 is 5.43 Å². The molecule has 2 nitrogen and oxygen atoms in total. The molecule has 0 spiro atoms. The lowest BCUT2D eigenvalue weighted by Gasteiger charge is -2.10. The lowest BCUT2D eigenvalue weighted by Crippen LogP contribution is -2.05. The second kappa shape index (κ2) is 4.91. The molecule has 0 bridgehead atoms. The van der Waals surface area contributed by atoms with Crippen LogP contribution in [0, 0.1) is 13.8 Å². The quantitative estimate of drug-likeness (QED) is 0.697. The van der Waals surface area contributed by atoms with Gasteiger partial charge >= 0.3 is 0 Å². The van der Waals surface area contributed by atoms with Gasteiger partial charge in [-0.15, -0.1) is 0 Å². The van der Waals surface area contributed by atoms with Crippen LogP contribution in [0.25, 0.3) is 22.2 Å². The summed E-state index contributed by atoms with van der Waals surface area (Å²) in [4.78, 5) is 15.8. The van der Waals surface area contributed by atoms with Gasteiger partial charge < -0.3 is 4.98 Å². The van der Waals surface area contributed by atoms with Crippen molar-refractivity contribution in [1.29, 1.82) is 0 Å². The summed E-state index contributed by atoms with van der Waals surface area (Å²) in [6.45, 7) is 4.00. The number of benzene rings is 2. The van der Waals surface area contributed by atoms with Crippen LogP contribution in [-0.2, 0) is 0 Å². The van der Waals surface area contributed by atoms with Gasteiger partial charge in [-0.1, -0.05) is 46.3 Å². The van der Waals surface area contributed by atoms with E-state index in [9.17, 15) is 4.79 Å². The van der Waals surface area contributed by atoms with Gasteiger partial charge in [0, 0.05) is 21.6 Å². The lowest BCUT2D eigenvalue weighted by molar-refractivity contribution is 1.32. The topological polar surface area (TPSA) is 32.9 Å². The fourth-order valence-electron chi connectivity index (χ4n) is 2.53. The fraction of sp³-hybridized carbons (Fsp3) is 0.118. The normalized spacial score (nSPS) is 10.9. The van der Waals surface area contributed by atoms with Gasteiger partial charge in [-0.3, -0.25) is 4.79 Å². The smallest absolute Gasteiger partial charge is 0.190 e.